The summed E-state index contributed by atoms with van der Waals surface area (Å²) in [6.07, 6.45) is 5.20. The third-order valence-electron chi connectivity index (χ3n) is 5.04. The number of rotatable bonds is 6. The number of nitrogens with one attached hydrogen (secondary N) is 2. The number of morpholine rings is 1. The number of aryl methyl sites for hydroxylation is 1. The molecule has 1 aliphatic heterocycles. The lowest BCUT2D eigenvalue weighted by Gasteiger charge is -2.33. The van der Waals surface area contributed by atoms with E-state index in [4.69, 9.17) is 9.73 Å². The molecule has 0 radical (unpaired) electrons. The van der Waals surface area contributed by atoms with Crippen LogP contribution in [0.4, 0.5) is 0 Å². The van der Waals surface area contributed by atoms with E-state index in [0.717, 1.165) is 45.4 Å². The SMILES string of the molecule is CCNC(=NCC(c1ccc(C)s1)N1CCOCC1)NC1CCCC1.I. The van der Waals surface area contributed by atoms with Gasteiger partial charge < -0.3 is 15.4 Å². The van der Waals surface area contributed by atoms with Crippen molar-refractivity contribution in [2.75, 3.05) is 39.4 Å². The van der Waals surface area contributed by atoms with Crippen LogP contribution in [-0.4, -0.2) is 56.3 Å². The number of ether oxygens (including phenoxy) is 1. The van der Waals surface area contributed by atoms with Crippen molar-refractivity contribution >= 4 is 41.3 Å². The first-order chi connectivity index (χ1) is 12.3. The van der Waals surface area contributed by atoms with Crippen molar-refractivity contribution in [1.82, 2.24) is 15.5 Å². The van der Waals surface area contributed by atoms with Crippen molar-refractivity contribution in [2.45, 2.75) is 51.6 Å². The first-order valence-electron chi connectivity index (χ1n) is 9.69. The number of aliphatic imine (C=N–C) groups is 1. The normalized spacial score (nSPS) is 20.6. The van der Waals surface area contributed by atoms with Gasteiger partial charge in [0, 0.05) is 35.4 Å². The fraction of sp³-hybridized carbons (Fsp3) is 0.737. The molecule has 3 rings (SSSR count). The molecule has 148 valence electrons. The molecule has 0 amide bonds. The molecule has 2 heterocycles. The predicted octanol–water partition coefficient (Wildman–Crippen LogP) is 3.55. The first kappa shape index (κ1) is 21.9. The summed E-state index contributed by atoms with van der Waals surface area (Å²) < 4.78 is 5.55. The summed E-state index contributed by atoms with van der Waals surface area (Å²) in [5.74, 6) is 0.973. The van der Waals surface area contributed by atoms with Gasteiger partial charge in [-0.25, -0.2) is 0 Å². The van der Waals surface area contributed by atoms with Crippen LogP contribution >= 0.6 is 35.3 Å². The van der Waals surface area contributed by atoms with Gasteiger partial charge in [-0.3, -0.25) is 9.89 Å². The molecule has 2 fully saturated rings. The second-order valence-corrected chi connectivity index (χ2v) is 8.28. The number of halogens is 1. The molecular weight excluding hydrogens is 459 g/mol. The van der Waals surface area contributed by atoms with Gasteiger partial charge in [-0.2, -0.15) is 0 Å². The summed E-state index contributed by atoms with van der Waals surface area (Å²) >= 11 is 1.89. The van der Waals surface area contributed by atoms with Gasteiger partial charge in [0.05, 0.1) is 25.8 Å². The number of guanidine groups is 1. The molecule has 5 nitrogen and oxygen atoms in total. The molecule has 7 heteroatoms. The van der Waals surface area contributed by atoms with Crippen LogP contribution in [0, 0.1) is 6.92 Å². The Morgan fingerprint density at radius 3 is 2.65 bits per heavy atom. The Kier molecular flexibility index (Phi) is 9.66. The Morgan fingerprint density at radius 2 is 2.04 bits per heavy atom. The summed E-state index contributed by atoms with van der Waals surface area (Å²) in [7, 11) is 0. The molecule has 0 spiro atoms. The van der Waals surface area contributed by atoms with E-state index < -0.39 is 0 Å². The van der Waals surface area contributed by atoms with Crippen LogP contribution in [-0.2, 0) is 4.74 Å². The van der Waals surface area contributed by atoms with Gasteiger partial charge in [-0.1, -0.05) is 12.8 Å². The fourth-order valence-electron chi connectivity index (χ4n) is 3.67. The predicted molar refractivity (Wildman–Crippen MR) is 121 cm³/mol. The highest BCUT2D eigenvalue weighted by Gasteiger charge is 2.24. The van der Waals surface area contributed by atoms with Gasteiger partial charge in [0.2, 0.25) is 0 Å². The second-order valence-electron chi connectivity index (χ2n) is 6.96. The molecule has 1 aliphatic carbocycles. The molecule has 1 aromatic rings. The highest BCUT2D eigenvalue weighted by molar-refractivity contribution is 14.0. The summed E-state index contributed by atoms with van der Waals surface area (Å²) in [5, 5.41) is 7.05. The molecule has 1 saturated carbocycles. The zero-order valence-corrected chi connectivity index (χ0v) is 19.1. The highest BCUT2D eigenvalue weighted by atomic mass is 127. The van der Waals surface area contributed by atoms with E-state index in [-0.39, 0.29) is 24.0 Å². The fourth-order valence-corrected chi connectivity index (χ4v) is 4.67. The van der Waals surface area contributed by atoms with Gasteiger partial charge in [0.25, 0.3) is 0 Å². The quantitative estimate of drug-likeness (QED) is 0.363. The van der Waals surface area contributed by atoms with Crippen LogP contribution in [0.25, 0.3) is 0 Å². The van der Waals surface area contributed by atoms with Crippen LogP contribution in [0.5, 0.6) is 0 Å². The zero-order chi connectivity index (χ0) is 17.5. The monoisotopic (exact) mass is 492 g/mol. The van der Waals surface area contributed by atoms with Gasteiger partial charge in [0.1, 0.15) is 0 Å². The van der Waals surface area contributed by atoms with Crippen molar-refractivity contribution in [3.63, 3.8) is 0 Å². The second kappa shape index (κ2) is 11.5. The van der Waals surface area contributed by atoms with Crippen molar-refractivity contribution in [3.05, 3.63) is 21.9 Å². The van der Waals surface area contributed by atoms with Gasteiger partial charge in [0.15, 0.2) is 5.96 Å². The topological polar surface area (TPSA) is 48.9 Å². The van der Waals surface area contributed by atoms with Crippen LogP contribution in [0.2, 0.25) is 0 Å². The zero-order valence-electron chi connectivity index (χ0n) is 16.0. The lowest BCUT2D eigenvalue weighted by molar-refractivity contribution is 0.0186. The minimum absolute atomic E-state index is 0. The average Bonchev–Trinajstić information content (AvgIpc) is 3.28. The Hall–Kier alpha value is -0.380. The lowest BCUT2D eigenvalue weighted by atomic mass is 10.2. The maximum Gasteiger partial charge on any atom is 0.191 e. The Labute approximate surface area is 179 Å². The van der Waals surface area contributed by atoms with Crippen molar-refractivity contribution in [2.24, 2.45) is 4.99 Å². The molecule has 1 unspecified atom stereocenters. The smallest absolute Gasteiger partial charge is 0.191 e. The summed E-state index contributed by atoms with van der Waals surface area (Å²) in [5.41, 5.74) is 0. The van der Waals surface area contributed by atoms with Crippen LogP contribution in [0.1, 0.15) is 48.4 Å². The minimum atomic E-state index is 0. The van der Waals surface area contributed by atoms with E-state index in [0.29, 0.717) is 12.1 Å². The number of hydrogen-bond donors (Lipinski definition) is 2. The Bertz CT molecular complexity index is 553. The summed E-state index contributed by atoms with van der Waals surface area (Å²) in [6.45, 7) is 9.64. The molecule has 2 aliphatic rings. The third-order valence-corrected chi connectivity index (χ3v) is 6.14. The van der Waals surface area contributed by atoms with Crippen LogP contribution in [0.3, 0.4) is 0 Å². The van der Waals surface area contributed by atoms with E-state index in [9.17, 15) is 0 Å². The van der Waals surface area contributed by atoms with Crippen LogP contribution in [0.15, 0.2) is 17.1 Å². The number of nitrogens with zero attached hydrogens (tertiary/aromatic N) is 2. The molecule has 1 aromatic heterocycles. The summed E-state index contributed by atoms with van der Waals surface area (Å²) in [6, 6.07) is 5.43. The standard InChI is InChI=1S/C19H32N4OS.HI/c1-3-20-19(22-16-6-4-5-7-16)21-14-17(18-9-8-15(2)25-18)23-10-12-24-13-11-23;/h8-9,16-17H,3-7,10-14H2,1-2H3,(H2,20,21,22);1H. The van der Waals surface area contributed by atoms with Crippen molar-refractivity contribution < 1.29 is 4.74 Å². The largest absolute Gasteiger partial charge is 0.379 e. The molecule has 0 bridgehead atoms. The molecule has 1 atom stereocenters. The van der Waals surface area contributed by atoms with E-state index >= 15 is 0 Å². The third kappa shape index (κ3) is 6.35. The van der Waals surface area contributed by atoms with Gasteiger partial charge in [-0.15, -0.1) is 35.3 Å². The van der Waals surface area contributed by atoms with Crippen molar-refractivity contribution in [3.8, 4) is 0 Å². The van der Waals surface area contributed by atoms with E-state index in [1.54, 1.807) is 0 Å². The molecule has 26 heavy (non-hydrogen) atoms. The molecule has 1 saturated heterocycles. The Morgan fingerprint density at radius 1 is 1.31 bits per heavy atom. The molecule has 2 N–H and O–H groups in total. The Balaban J connectivity index is 0.00000243. The van der Waals surface area contributed by atoms with Crippen molar-refractivity contribution in [1.29, 1.82) is 0 Å². The van der Waals surface area contributed by atoms with E-state index in [1.807, 2.05) is 11.3 Å². The minimum Gasteiger partial charge on any atom is -0.379 e. The molecular formula is C19H33IN4OS. The maximum atomic E-state index is 5.55. The lowest BCUT2D eigenvalue weighted by Crippen LogP contribution is -2.44. The van der Waals surface area contributed by atoms with Gasteiger partial charge >= 0.3 is 0 Å². The molecule has 0 aromatic carbocycles. The highest BCUT2D eigenvalue weighted by Crippen LogP contribution is 2.28. The summed E-state index contributed by atoms with van der Waals surface area (Å²) in [4.78, 5) is 10.3. The van der Waals surface area contributed by atoms with E-state index in [1.165, 1.54) is 35.4 Å². The average molecular weight is 492 g/mol. The van der Waals surface area contributed by atoms with Crippen LogP contribution < -0.4 is 10.6 Å². The van der Waals surface area contributed by atoms with Gasteiger partial charge in [-0.05, 0) is 38.8 Å². The van der Waals surface area contributed by atoms with E-state index in [2.05, 4.69) is 41.5 Å². The first-order valence-corrected chi connectivity index (χ1v) is 10.5. The number of hydrogen-bond acceptors (Lipinski definition) is 4. The number of thiophene rings is 1. The maximum absolute atomic E-state index is 5.55.